The van der Waals surface area contributed by atoms with Crippen molar-refractivity contribution < 1.29 is 4.79 Å². The van der Waals surface area contributed by atoms with Gasteiger partial charge in [-0.15, -0.1) is 0 Å². The molecule has 0 bridgehead atoms. The second-order valence-electron chi connectivity index (χ2n) is 6.05. The topological polar surface area (TPSA) is 65.5 Å². The van der Waals surface area contributed by atoms with Gasteiger partial charge in [0.15, 0.2) is 5.78 Å². The minimum atomic E-state index is -0.275. The highest BCUT2D eigenvalue weighted by atomic mass is 35.5. The molecule has 0 aliphatic carbocycles. The summed E-state index contributed by atoms with van der Waals surface area (Å²) in [6.07, 6.45) is 1.74. The van der Waals surface area contributed by atoms with Crippen molar-refractivity contribution >= 4 is 35.0 Å². The quantitative estimate of drug-likeness (QED) is 0.801. The average Bonchev–Trinajstić information content (AvgIpc) is 2.53. The van der Waals surface area contributed by atoms with Gasteiger partial charge in [-0.3, -0.25) is 14.6 Å². The van der Waals surface area contributed by atoms with Crippen LogP contribution in [0, 0.1) is 13.8 Å². The second kappa shape index (κ2) is 8.12. The van der Waals surface area contributed by atoms with Crippen LogP contribution in [0.1, 0.15) is 23.7 Å². The molecule has 5 nitrogen and oxygen atoms in total. The number of nitrogens with one attached hydrogen (secondary N) is 1. The smallest absolute Gasteiger partial charge is 0.274 e. The number of carbonyl (C=O) groups excluding carboxylic acids is 1. The molecular weight excluding hydrogens is 338 g/mol. The number of nitrogens with zero attached hydrogens (tertiary/aromatic N) is 2. The summed E-state index contributed by atoms with van der Waals surface area (Å²) in [5.41, 5.74) is 3.35. The lowest BCUT2D eigenvalue weighted by Crippen LogP contribution is -2.27. The van der Waals surface area contributed by atoms with Gasteiger partial charge in [0.25, 0.3) is 5.56 Å². The van der Waals surface area contributed by atoms with Crippen LogP contribution < -0.4 is 10.5 Å². The number of likely N-dealkylation sites (N-methyl/N-ethyl adjacent to an activating group) is 1. The summed E-state index contributed by atoms with van der Waals surface area (Å²) in [5, 5.41) is 0.700. The number of pyridine rings is 1. The van der Waals surface area contributed by atoms with E-state index in [1.165, 1.54) is 0 Å². The number of H-pyrrole nitrogens is 1. The molecule has 0 radical (unpaired) electrons. The number of anilines is 1. The first-order valence-electron chi connectivity index (χ1n) is 8.02. The van der Waals surface area contributed by atoms with Gasteiger partial charge in [0, 0.05) is 36.1 Å². The largest absolute Gasteiger partial charge is 0.367 e. The molecule has 2 aromatic rings. The van der Waals surface area contributed by atoms with Crippen LogP contribution in [-0.2, 0) is 11.2 Å². The summed E-state index contributed by atoms with van der Waals surface area (Å²) in [7, 11) is 1.85. The Labute approximate surface area is 152 Å². The Morgan fingerprint density at radius 2 is 2.00 bits per heavy atom. The predicted molar refractivity (Wildman–Crippen MR) is 104 cm³/mol. The number of ketones is 1. The van der Waals surface area contributed by atoms with Gasteiger partial charge in [-0.05, 0) is 56.2 Å². The van der Waals surface area contributed by atoms with Crippen molar-refractivity contribution in [2.45, 2.75) is 27.2 Å². The maximum Gasteiger partial charge on any atom is 0.274 e. The molecule has 0 unspecified atom stereocenters. The van der Waals surface area contributed by atoms with E-state index < -0.39 is 0 Å². The number of aryl methyl sites for hydroxylation is 2. The van der Waals surface area contributed by atoms with Crippen LogP contribution in [0.4, 0.5) is 11.4 Å². The van der Waals surface area contributed by atoms with Crippen LogP contribution in [0.5, 0.6) is 0 Å². The molecule has 1 heterocycles. The predicted octanol–water partition coefficient (Wildman–Crippen LogP) is 3.62. The molecule has 1 N–H and O–H groups in total. The number of rotatable bonds is 6. The van der Waals surface area contributed by atoms with Crippen molar-refractivity contribution in [3.05, 3.63) is 56.5 Å². The molecule has 0 fully saturated rings. The van der Waals surface area contributed by atoms with Crippen LogP contribution in [0.2, 0.25) is 5.02 Å². The molecule has 0 saturated heterocycles. The highest BCUT2D eigenvalue weighted by Crippen LogP contribution is 2.21. The van der Waals surface area contributed by atoms with E-state index in [1.54, 1.807) is 19.2 Å². The summed E-state index contributed by atoms with van der Waals surface area (Å²) in [6, 6.07) is 7.44. The van der Waals surface area contributed by atoms with Crippen LogP contribution >= 0.6 is 11.6 Å². The summed E-state index contributed by atoms with van der Waals surface area (Å²) in [6.45, 7) is 5.74. The second-order valence-corrected chi connectivity index (χ2v) is 6.45. The molecule has 0 amide bonds. The van der Waals surface area contributed by atoms with Crippen molar-refractivity contribution in [2.24, 2.45) is 4.99 Å². The van der Waals surface area contributed by atoms with Gasteiger partial charge in [0.05, 0.1) is 6.54 Å². The molecule has 0 aliphatic rings. The van der Waals surface area contributed by atoms with Gasteiger partial charge in [-0.1, -0.05) is 11.6 Å². The Morgan fingerprint density at radius 1 is 1.28 bits per heavy atom. The van der Waals surface area contributed by atoms with Crippen molar-refractivity contribution in [3.8, 4) is 0 Å². The van der Waals surface area contributed by atoms with E-state index in [0.29, 0.717) is 16.4 Å². The number of carbonyl (C=O) groups is 1. The first-order chi connectivity index (χ1) is 11.8. The van der Waals surface area contributed by atoms with Crippen LogP contribution in [-0.4, -0.2) is 30.6 Å². The molecule has 1 aromatic carbocycles. The molecule has 0 saturated carbocycles. The van der Waals surface area contributed by atoms with Crippen molar-refractivity contribution in [1.29, 1.82) is 0 Å². The third-order valence-electron chi connectivity index (χ3n) is 3.90. The van der Waals surface area contributed by atoms with Gasteiger partial charge in [-0.25, -0.2) is 0 Å². The highest BCUT2D eigenvalue weighted by molar-refractivity contribution is 6.31. The van der Waals surface area contributed by atoms with E-state index in [2.05, 4.69) is 9.98 Å². The van der Waals surface area contributed by atoms with Gasteiger partial charge in [0.2, 0.25) is 0 Å². The number of hydrogen-bond donors (Lipinski definition) is 1. The van der Waals surface area contributed by atoms with Crippen LogP contribution in [0.25, 0.3) is 0 Å². The summed E-state index contributed by atoms with van der Waals surface area (Å²) in [5.74, 6) is 0.0110. The first-order valence-corrected chi connectivity index (χ1v) is 8.40. The Hall–Kier alpha value is -2.40. The van der Waals surface area contributed by atoms with E-state index in [4.69, 9.17) is 11.6 Å². The molecule has 25 heavy (non-hydrogen) atoms. The Balaban J connectivity index is 2.09. The van der Waals surface area contributed by atoms with E-state index in [1.807, 2.05) is 44.0 Å². The standard InChI is InChI=1S/C19H22ClN3O2/c1-5-21-18-13(3)8-14(22-19(18)25)10-16(24)11-23(4)15-6-7-17(20)12(2)9-15/h5-9H,10-11H2,1-4H3,(H,22,25). The van der Waals surface area contributed by atoms with E-state index >= 15 is 0 Å². The number of halogens is 1. The van der Waals surface area contributed by atoms with Gasteiger partial charge < -0.3 is 9.88 Å². The first kappa shape index (κ1) is 18.9. The molecule has 0 aliphatic heterocycles. The maximum absolute atomic E-state index is 12.4. The monoisotopic (exact) mass is 359 g/mol. The highest BCUT2D eigenvalue weighted by Gasteiger charge is 2.12. The van der Waals surface area contributed by atoms with Crippen molar-refractivity contribution in [1.82, 2.24) is 4.98 Å². The molecule has 6 heteroatoms. The zero-order valence-electron chi connectivity index (χ0n) is 14.9. The number of aromatic amines is 1. The Kier molecular flexibility index (Phi) is 6.15. The number of hydrogen-bond acceptors (Lipinski definition) is 4. The Bertz CT molecular complexity index is 871. The molecule has 132 valence electrons. The zero-order valence-corrected chi connectivity index (χ0v) is 15.6. The van der Waals surface area contributed by atoms with E-state index in [0.717, 1.165) is 16.8 Å². The summed E-state index contributed by atoms with van der Waals surface area (Å²) < 4.78 is 0. The SMILES string of the molecule is CC=Nc1c(C)cc(CC(=O)CN(C)c2ccc(Cl)c(C)c2)[nH]c1=O. The molecule has 1 aromatic heterocycles. The van der Waals surface area contributed by atoms with Crippen molar-refractivity contribution in [3.63, 3.8) is 0 Å². The lowest BCUT2D eigenvalue weighted by atomic mass is 10.1. The lowest BCUT2D eigenvalue weighted by molar-refractivity contribution is -0.117. The molecule has 0 spiro atoms. The zero-order chi connectivity index (χ0) is 18.6. The number of benzene rings is 1. The minimum absolute atomic E-state index is 0.0110. The lowest BCUT2D eigenvalue weighted by Gasteiger charge is -2.19. The van der Waals surface area contributed by atoms with E-state index in [-0.39, 0.29) is 24.3 Å². The third kappa shape index (κ3) is 4.79. The minimum Gasteiger partial charge on any atom is -0.367 e. The van der Waals surface area contributed by atoms with Crippen LogP contribution in [0.15, 0.2) is 34.1 Å². The third-order valence-corrected chi connectivity index (χ3v) is 4.32. The molecular formula is C19H22ClN3O2. The van der Waals surface area contributed by atoms with E-state index in [9.17, 15) is 9.59 Å². The fourth-order valence-electron chi connectivity index (χ4n) is 2.63. The normalized spacial score (nSPS) is 11.1. The van der Waals surface area contributed by atoms with Gasteiger partial charge in [0.1, 0.15) is 5.69 Å². The number of aromatic nitrogens is 1. The summed E-state index contributed by atoms with van der Waals surface area (Å²) in [4.78, 5) is 33.1. The molecule has 2 rings (SSSR count). The van der Waals surface area contributed by atoms with Crippen LogP contribution in [0.3, 0.4) is 0 Å². The number of Topliss-reactive ketones (excluding diaryl/α,β-unsaturated/α-hetero) is 1. The van der Waals surface area contributed by atoms with Gasteiger partial charge in [-0.2, -0.15) is 0 Å². The Morgan fingerprint density at radius 3 is 2.60 bits per heavy atom. The average molecular weight is 360 g/mol. The maximum atomic E-state index is 12.4. The van der Waals surface area contributed by atoms with Crippen molar-refractivity contribution in [2.75, 3.05) is 18.5 Å². The fraction of sp³-hybridized carbons (Fsp3) is 0.316. The number of aliphatic imine (C=N–C) groups is 1. The van der Waals surface area contributed by atoms with Gasteiger partial charge >= 0.3 is 0 Å². The summed E-state index contributed by atoms with van der Waals surface area (Å²) >= 11 is 6.03. The fourth-order valence-corrected chi connectivity index (χ4v) is 2.74. The molecule has 0 atom stereocenters.